The number of anilines is 1. The molecule has 0 fully saturated rings. The lowest BCUT2D eigenvalue weighted by Crippen LogP contribution is -2.17. The van der Waals surface area contributed by atoms with Crippen molar-refractivity contribution in [2.75, 3.05) is 5.32 Å². The van der Waals surface area contributed by atoms with E-state index in [0.717, 1.165) is 5.51 Å². The van der Waals surface area contributed by atoms with E-state index in [1.54, 1.807) is 0 Å². The van der Waals surface area contributed by atoms with Crippen molar-refractivity contribution in [3.63, 3.8) is 0 Å². The highest BCUT2D eigenvalue weighted by Crippen LogP contribution is 2.32. The summed E-state index contributed by atoms with van der Waals surface area (Å²) in [6.45, 7) is 0. The van der Waals surface area contributed by atoms with Gasteiger partial charge in [-0.2, -0.15) is 13.2 Å². The first-order valence-corrected chi connectivity index (χ1v) is 6.07. The number of alkyl halides is 3. The number of aromatic nitrogens is 2. The van der Waals surface area contributed by atoms with E-state index in [9.17, 15) is 18.0 Å². The normalized spacial score (nSPS) is 11.4. The Kier molecular flexibility index (Phi) is 3.72. The van der Waals surface area contributed by atoms with Crippen LogP contribution in [0.3, 0.4) is 0 Å². The summed E-state index contributed by atoms with van der Waals surface area (Å²) in [6.07, 6.45) is -3.39. The second-order valence-corrected chi connectivity index (χ2v) is 4.63. The van der Waals surface area contributed by atoms with Crippen molar-refractivity contribution in [3.05, 3.63) is 39.4 Å². The third-order valence-corrected chi connectivity index (χ3v) is 3.06. The standard InChI is InChI=1S/C10H5ClF3N3OS/c11-5-1-2-6(15-3-5)17-9(18)7-8(10(12,13)14)16-4-19-7/h1-4H,(H,15,17,18). The Hall–Kier alpha value is -1.67. The first-order chi connectivity index (χ1) is 8.88. The topological polar surface area (TPSA) is 54.9 Å². The minimum atomic E-state index is -4.67. The Balaban J connectivity index is 2.21. The zero-order chi connectivity index (χ0) is 14.0. The van der Waals surface area contributed by atoms with Crippen molar-refractivity contribution in [2.45, 2.75) is 6.18 Å². The third kappa shape index (κ3) is 3.21. The molecule has 1 amide bonds. The minimum Gasteiger partial charge on any atom is -0.306 e. The van der Waals surface area contributed by atoms with E-state index in [-0.39, 0.29) is 5.82 Å². The van der Waals surface area contributed by atoms with Gasteiger partial charge in [0.25, 0.3) is 5.91 Å². The van der Waals surface area contributed by atoms with E-state index in [2.05, 4.69) is 15.3 Å². The van der Waals surface area contributed by atoms with Crippen LogP contribution in [0.4, 0.5) is 19.0 Å². The predicted octanol–water partition coefficient (Wildman–Crippen LogP) is 3.46. The van der Waals surface area contributed by atoms with Crippen LogP contribution in [0.1, 0.15) is 15.4 Å². The summed E-state index contributed by atoms with van der Waals surface area (Å²) in [7, 11) is 0. The molecule has 2 aromatic heterocycles. The monoisotopic (exact) mass is 307 g/mol. The lowest BCUT2D eigenvalue weighted by atomic mass is 10.3. The summed E-state index contributed by atoms with van der Waals surface area (Å²) in [5.41, 5.74) is -0.239. The molecule has 9 heteroatoms. The largest absolute Gasteiger partial charge is 0.434 e. The molecule has 2 heterocycles. The van der Waals surface area contributed by atoms with Crippen molar-refractivity contribution in [3.8, 4) is 0 Å². The highest BCUT2D eigenvalue weighted by molar-refractivity contribution is 7.12. The molecule has 0 saturated heterocycles. The molecule has 0 saturated carbocycles. The lowest BCUT2D eigenvalue weighted by molar-refractivity contribution is -0.141. The van der Waals surface area contributed by atoms with Crippen LogP contribution in [0, 0.1) is 0 Å². The summed E-state index contributed by atoms with van der Waals surface area (Å²) in [4.78, 5) is 18.1. The SMILES string of the molecule is O=C(Nc1ccc(Cl)cn1)c1scnc1C(F)(F)F. The Morgan fingerprint density at radius 1 is 1.32 bits per heavy atom. The van der Waals surface area contributed by atoms with Gasteiger partial charge < -0.3 is 5.32 Å². The van der Waals surface area contributed by atoms with Crippen LogP contribution >= 0.6 is 22.9 Å². The molecule has 2 aromatic rings. The number of thiazole rings is 1. The molecule has 0 aliphatic carbocycles. The number of carbonyl (C=O) groups excluding carboxylic acids is 1. The molecule has 0 atom stereocenters. The molecule has 0 aliphatic heterocycles. The Labute approximate surface area is 114 Å². The van der Waals surface area contributed by atoms with Crippen LogP contribution in [0.25, 0.3) is 0 Å². The average molecular weight is 308 g/mol. The summed E-state index contributed by atoms with van der Waals surface area (Å²) < 4.78 is 37.7. The van der Waals surface area contributed by atoms with Gasteiger partial charge in [-0.15, -0.1) is 11.3 Å². The molecule has 0 radical (unpaired) electrons. The van der Waals surface area contributed by atoms with Gasteiger partial charge in [0.1, 0.15) is 10.7 Å². The number of rotatable bonds is 2. The van der Waals surface area contributed by atoms with Gasteiger partial charge in [-0.1, -0.05) is 11.6 Å². The molecule has 2 rings (SSSR count). The molecule has 0 bridgehead atoms. The van der Waals surface area contributed by atoms with Crippen LogP contribution < -0.4 is 5.32 Å². The number of hydrogen-bond acceptors (Lipinski definition) is 4. The second-order valence-electron chi connectivity index (χ2n) is 3.34. The summed E-state index contributed by atoms with van der Waals surface area (Å²) in [6, 6.07) is 2.84. The molecule has 0 spiro atoms. The van der Waals surface area contributed by atoms with Gasteiger partial charge in [0.15, 0.2) is 5.69 Å². The molecule has 0 unspecified atom stereocenters. The van der Waals surface area contributed by atoms with Crippen LogP contribution in [-0.2, 0) is 6.18 Å². The summed E-state index contributed by atoms with van der Waals surface area (Å²) >= 11 is 6.21. The fourth-order valence-corrected chi connectivity index (χ4v) is 2.05. The number of amides is 1. The molecule has 0 aromatic carbocycles. The van der Waals surface area contributed by atoms with Gasteiger partial charge >= 0.3 is 6.18 Å². The zero-order valence-electron chi connectivity index (χ0n) is 9.03. The van der Waals surface area contributed by atoms with Crippen molar-refractivity contribution in [1.29, 1.82) is 0 Å². The maximum atomic E-state index is 12.6. The van der Waals surface area contributed by atoms with Crippen molar-refractivity contribution >= 4 is 34.7 Å². The number of carbonyl (C=O) groups is 1. The first-order valence-electron chi connectivity index (χ1n) is 4.81. The van der Waals surface area contributed by atoms with Gasteiger partial charge in [-0.05, 0) is 12.1 Å². The zero-order valence-corrected chi connectivity index (χ0v) is 10.6. The lowest BCUT2D eigenvalue weighted by Gasteiger charge is -2.06. The van der Waals surface area contributed by atoms with Crippen molar-refractivity contribution in [2.24, 2.45) is 0 Å². The van der Waals surface area contributed by atoms with E-state index in [1.165, 1.54) is 18.3 Å². The van der Waals surface area contributed by atoms with E-state index >= 15 is 0 Å². The third-order valence-electron chi connectivity index (χ3n) is 2.01. The first kappa shape index (κ1) is 13.8. The summed E-state index contributed by atoms with van der Waals surface area (Å²) in [5, 5.41) is 2.60. The number of nitrogens with zero attached hydrogens (tertiary/aromatic N) is 2. The molecular weight excluding hydrogens is 303 g/mol. The van der Waals surface area contributed by atoms with Gasteiger partial charge in [0.2, 0.25) is 0 Å². The molecule has 100 valence electrons. The van der Waals surface area contributed by atoms with Gasteiger partial charge in [0, 0.05) is 6.20 Å². The van der Waals surface area contributed by atoms with Crippen LogP contribution in [0.2, 0.25) is 5.02 Å². The van der Waals surface area contributed by atoms with E-state index < -0.39 is 22.7 Å². The van der Waals surface area contributed by atoms with Gasteiger partial charge in [-0.3, -0.25) is 4.79 Å². The maximum Gasteiger partial charge on any atom is 0.434 e. The van der Waals surface area contributed by atoms with Crippen molar-refractivity contribution in [1.82, 2.24) is 9.97 Å². The van der Waals surface area contributed by atoms with Crippen LogP contribution in [0.15, 0.2) is 23.8 Å². The van der Waals surface area contributed by atoms with Crippen molar-refractivity contribution < 1.29 is 18.0 Å². The summed E-state index contributed by atoms with van der Waals surface area (Å²) in [5.74, 6) is -0.805. The van der Waals surface area contributed by atoms with E-state index in [4.69, 9.17) is 11.6 Å². The highest BCUT2D eigenvalue weighted by Gasteiger charge is 2.38. The Morgan fingerprint density at radius 3 is 2.63 bits per heavy atom. The molecule has 0 aliphatic rings. The number of hydrogen-bond donors (Lipinski definition) is 1. The van der Waals surface area contributed by atoms with Crippen LogP contribution in [-0.4, -0.2) is 15.9 Å². The van der Waals surface area contributed by atoms with Crippen LogP contribution in [0.5, 0.6) is 0 Å². The maximum absolute atomic E-state index is 12.6. The fourth-order valence-electron chi connectivity index (χ4n) is 1.23. The smallest absolute Gasteiger partial charge is 0.306 e. The van der Waals surface area contributed by atoms with E-state index in [1.807, 2.05) is 0 Å². The Morgan fingerprint density at radius 2 is 2.05 bits per heavy atom. The fraction of sp³-hybridized carbons (Fsp3) is 0.100. The Bertz CT molecular complexity index is 597. The second kappa shape index (κ2) is 5.14. The highest BCUT2D eigenvalue weighted by atomic mass is 35.5. The predicted molar refractivity (Wildman–Crippen MR) is 64.3 cm³/mol. The minimum absolute atomic E-state index is 0.107. The molecule has 1 N–H and O–H groups in total. The molecule has 4 nitrogen and oxygen atoms in total. The molecule has 19 heavy (non-hydrogen) atoms. The van der Waals surface area contributed by atoms with Gasteiger partial charge in [-0.25, -0.2) is 9.97 Å². The molecular formula is C10H5ClF3N3OS. The van der Waals surface area contributed by atoms with E-state index in [0.29, 0.717) is 16.4 Å². The average Bonchev–Trinajstić information content (AvgIpc) is 2.81. The quantitative estimate of drug-likeness (QED) is 0.924. The number of halogens is 4. The van der Waals surface area contributed by atoms with Gasteiger partial charge in [0.05, 0.1) is 10.5 Å². The number of nitrogens with one attached hydrogen (secondary N) is 1. The number of pyridine rings is 1.